The van der Waals surface area contributed by atoms with Crippen LogP contribution in [0.2, 0.25) is 0 Å². The molecule has 62 valence electrons. The minimum absolute atomic E-state index is 0.107. The molecular formula is C9H14O2. The highest BCUT2D eigenvalue weighted by Crippen LogP contribution is 2.19. The zero-order valence-corrected chi connectivity index (χ0v) is 6.84. The Morgan fingerprint density at radius 1 is 1.73 bits per heavy atom. The molecule has 0 aromatic carbocycles. The highest BCUT2D eigenvalue weighted by Gasteiger charge is 2.16. The van der Waals surface area contributed by atoms with E-state index < -0.39 is 0 Å². The maximum absolute atomic E-state index is 11.2. The van der Waals surface area contributed by atoms with Crippen LogP contribution in [0.15, 0.2) is 11.6 Å². The summed E-state index contributed by atoms with van der Waals surface area (Å²) in [4.78, 5) is 11.2. The molecule has 1 aliphatic rings. The van der Waals surface area contributed by atoms with Crippen molar-refractivity contribution in [3.8, 4) is 0 Å². The zero-order chi connectivity index (χ0) is 8.27. The third-order valence-corrected chi connectivity index (χ3v) is 2.14. The number of carbonyl (C=O) groups excluding carboxylic acids is 1. The molecule has 1 N–H and O–H groups in total. The van der Waals surface area contributed by atoms with Crippen LogP contribution >= 0.6 is 0 Å². The van der Waals surface area contributed by atoms with E-state index in [2.05, 4.69) is 0 Å². The molecule has 0 aromatic heterocycles. The predicted molar refractivity (Wildman–Crippen MR) is 43.2 cm³/mol. The van der Waals surface area contributed by atoms with Gasteiger partial charge in [-0.25, -0.2) is 0 Å². The first-order chi connectivity index (χ1) is 5.24. The summed E-state index contributed by atoms with van der Waals surface area (Å²) in [5.74, 6) is 0.431. The molecule has 0 aliphatic heterocycles. The van der Waals surface area contributed by atoms with Crippen LogP contribution < -0.4 is 0 Å². The summed E-state index contributed by atoms with van der Waals surface area (Å²) < 4.78 is 0. The van der Waals surface area contributed by atoms with Crippen LogP contribution in [0.3, 0.4) is 0 Å². The number of aliphatic hydroxyl groups excluding tert-OH is 1. The Hall–Kier alpha value is -0.630. The first kappa shape index (κ1) is 8.47. The largest absolute Gasteiger partial charge is 0.392 e. The molecule has 0 radical (unpaired) electrons. The Balaban J connectivity index is 2.60. The number of carbonyl (C=O) groups is 1. The van der Waals surface area contributed by atoms with Gasteiger partial charge in [0.1, 0.15) is 5.78 Å². The molecule has 2 heteroatoms. The molecule has 1 unspecified atom stereocenters. The average molecular weight is 154 g/mol. The highest BCUT2D eigenvalue weighted by atomic mass is 16.3. The number of allylic oxidation sites excluding steroid dienone is 1. The Labute approximate surface area is 66.9 Å². The number of rotatable bonds is 1. The van der Waals surface area contributed by atoms with Crippen LogP contribution in [0.1, 0.15) is 26.2 Å². The third kappa shape index (κ3) is 2.15. The summed E-state index contributed by atoms with van der Waals surface area (Å²) in [5.41, 5.74) is 1.02. The quantitative estimate of drug-likeness (QED) is 0.578. The normalized spacial score (nSPS) is 26.2. The number of aliphatic hydroxyl groups is 1. The van der Waals surface area contributed by atoms with E-state index in [1.54, 1.807) is 0 Å². The van der Waals surface area contributed by atoms with Crippen LogP contribution in [-0.2, 0) is 4.79 Å². The van der Waals surface area contributed by atoms with Crippen molar-refractivity contribution in [3.63, 3.8) is 0 Å². The number of hydrogen-bond acceptors (Lipinski definition) is 2. The second-order valence-electron chi connectivity index (χ2n) is 3.13. The molecule has 0 saturated carbocycles. The van der Waals surface area contributed by atoms with Gasteiger partial charge in [0.25, 0.3) is 0 Å². The molecule has 11 heavy (non-hydrogen) atoms. The lowest BCUT2D eigenvalue weighted by Gasteiger charge is -2.06. The highest BCUT2D eigenvalue weighted by molar-refractivity contribution is 5.81. The van der Waals surface area contributed by atoms with E-state index in [4.69, 9.17) is 5.11 Å². The number of ketones is 1. The first-order valence-electron chi connectivity index (χ1n) is 4.05. The summed E-state index contributed by atoms with van der Waals surface area (Å²) in [6, 6.07) is 0. The second kappa shape index (κ2) is 3.67. The van der Waals surface area contributed by atoms with Gasteiger partial charge in [-0.1, -0.05) is 13.0 Å². The standard InChI is InChI=1S/C9H14O2/c1-7-5-8(6-10)3-2-4-9(7)11/h3,7,10H,2,4-6H2,1H3. The lowest BCUT2D eigenvalue weighted by molar-refractivity contribution is -0.122. The third-order valence-electron chi connectivity index (χ3n) is 2.14. The van der Waals surface area contributed by atoms with E-state index in [1.165, 1.54) is 0 Å². The molecule has 1 atom stereocenters. The summed E-state index contributed by atoms with van der Waals surface area (Å²) >= 11 is 0. The lowest BCUT2D eigenvalue weighted by atomic mass is 9.99. The summed E-state index contributed by atoms with van der Waals surface area (Å²) in [7, 11) is 0. The van der Waals surface area contributed by atoms with E-state index in [0.717, 1.165) is 18.4 Å². The van der Waals surface area contributed by atoms with Crippen LogP contribution in [-0.4, -0.2) is 17.5 Å². The summed E-state index contributed by atoms with van der Waals surface area (Å²) in [5, 5.41) is 8.84. The Bertz CT molecular complexity index is 182. The lowest BCUT2D eigenvalue weighted by Crippen LogP contribution is -2.09. The second-order valence-corrected chi connectivity index (χ2v) is 3.13. The molecular weight excluding hydrogens is 140 g/mol. The van der Waals surface area contributed by atoms with Crippen molar-refractivity contribution in [1.29, 1.82) is 0 Å². The van der Waals surface area contributed by atoms with Gasteiger partial charge in [-0.05, 0) is 18.4 Å². The van der Waals surface area contributed by atoms with Crippen molar-refractivity contribution in [2.45, 2.75) is 26.2 Å². The number of Topliss-reactive ketones (excluding diaryl/α,β-unsaturated/α-hetero) is 1. The van der Waals surface area contributed by atoms with Crippen LogP contribution in [0.25, 0.3) is 0 Å². The van der Waals surface area contributed by atoms with Crippen molar-refractivity contribution in [2.24, 2.45) is 5.92 Å². The van der Waals surface area contributed by atoms with Crippen molar-refractivity contribution in [2.75, 3.05) is 6.61 Å². The first-order valence-corrected chi connectivity index (χ1v) is 4.05. The van der Waals surface area contributed by atoms with Crippen LogP contribution in [0, 0.1) is 5.92 Å². The van der Waals surface area contributed by atoms with Gasteiger partial charge in [-0.15, -0.1) is 0 Å². The predicted octanol–water partition coefficient (Wildman–Crippen LogP) is 1.29. The van der Waals surface area contributed by atoms with Gasteiger partial charge >= 0.3 is 0 Å². The maximum Gasteiger partial charge on any atom is 0.136 e. The van der Waals surface area contributed by atoms with E-state index in [0.29, 0.717) is 12.2 Å². The molecule has 0 saturated heterocycles. The monoisotopic (exact) mass is 154 g/mol. The van der Waals surface area contributed by atoms with E-state index in [1.807, 2.05) is 13.0 Å². The van der Waals surface area contributed by atoms with Crippen LogP contribution in [0.5, 0.6) is 0 Å². The smallest absolute Gasteiger partial charge is 0.136 e. The molecule has 0 fully saturated rings. The van der Waals surface area contributed by atoms with Crippen molar-refractivity contribution >= 4 is 5.78 Å². The maximum atomic E-state index is 11.2. The average Bonchev–Trinajstić information content (AvgIpc) is 2.15. The zero-order valence-electron chi connectivity index (χ0n) is 6.84. The summed E-state index contributed by atoms with van der Waals surface area (Å²) in [6.45, 7) is 2.04. The van der Waals surface area contributed by atoms with E-state index in [-0.39, 0.29) is 12.5 Å². The van der Waals surface area contributed by atoms with Gasteiger partial charge in [0.05, 0.1) is 6.61 Å². The molecule has 0 amide bonds. The number of hydrogen-bond donors (Lipinski definition) is 1. The minimum Gasteiger partial charge on any atom is -0.392 e. The molecule has 0 spiro atoms. The van der Waals surface area contributed by atoms with Gasteiger partial charge in [0, 0.05) is 12.3 Å². The SMILES string of the molecule is CC1CC(CO)=CCCC1=O. The molecule has 1 aliphatic carbocycles. The van der Waals surface area contributed by atoms with Gasteiger partial charge in [0.2, 0.25) is 0 Å². The van der Waals surface area contributed by atoms with Crippen molar-refractivity contribution in [1.82, 2.24) is 0 Å². The van der Waals surface area contributed by atoms with Crippen molar-refractivity contribution in [3.05, 3.63) is 11.6 Å². The van der Waals surface area contributed by atoms with Crippen molar-refractivity contribution < 1.29 is 9.90 Å². The Kier molecular flexibility index (Phi) is 2.83. The van der Waals surface area contributed by atoms with Gasteiger partial charge in [-0.3, -0.25) is 4.79 Å². The van der Waals surface area contributed by atoms with E-state index in [9.17, 15) is 4.79 Å². The molecule has 0 aromatic rings. The summed E-state index contributed by atoms with van der Waals surface area (Å²) in [6.07, 6.45) is 4.18. The fraction of sp³-hybridized carbons (Fsp3) is 0.667. The fourth-order valence-corrected chi connectivity index (χ4v) is 1.38. The molecule has 1 rings (SSSR count). The topological polar surface area (TPSA) is 37.3 Å². The van der Waals surface area contributed by atoms with Gasteiger partial charge < -0.3 is 5.11 Å². The van der Waals surface area contributed by atoms with Crippen LogP contribution in [0.4, 0.5) is 0 Å². The fourth-order valence-electron chi connectivity index (χ4n) is 1.38. The molecule has 0 heterocycles. The molecule has 2 nitrogen and oxygen atoms in total. The molecule has 0 bridgehead atoms. The van der Waals surface area contributed by atoms with Gasteiger partial charge in [0.15, 0.2) is 0 Å². The van der Waals surface area contributed by atoms with Gasteiger partial charge in [-0.2, -0.15) is 0 Å². The minimum atomic E-state index is 0.107. The Morgan fingerprint density at radius 3 is 3.09 bits per heavy atom. The Morgan fingerprint density at radius 2 is 2.45 bits per heavy atom. The van der Waals surface area contributed by atoms with E-state index >= 15 is 0 Å².